The van der Waals surface area contributed by atoms with Crippen LogP contribution in [-0.2, 0) is 0 Å². The van der Waals surface area contributed by atoms with Gasteiger partial charge in [-0.1, -0.05) is 12.1 Å². The molecule has 0 unspecified atom stereocenters. The molecule has 2 aromatic rings. The molecule has 0 atom stereocenters. The molecule has 2 heterocycles. The monoisotopic (exact) mass is 364 g/mol. The predicted octanol–water partition coefficient (Wildman–Crippen LogP) is 3.24. The maximum absolute atomic E-state index is 12.5. The normalized spacial score (nSPS) is 13.7. The zero-order valence-corrected chi connectivity index (χ0v) is 15.3. The Labute approximate surface area is 159 Å². The van der Waals surface area contributed by atoms with Crippen LogP contribution in [0.1, 0.15) is 40.2 Å². The van der Waals surface area contributed by atoms with E-state index in [1.807, 2.05) is 24.3 Å². The number of carbonyl (C=O) groups excluding carboxylic acids is 2. The summed E-state index contributed by atoms with van der Waals surface area (Å²) in [6.45, 7) is 6.06. The molecule has 1 fully saturated rings. The highest BCUT2D eigenvalue weighted by molar-refractivity contribution is 6.03. The van der Waals surface area contributed by atoms with Gasteiger partial charge in [-0.05, 0) is 55.7 Å². The predicted molar refractivity (Wildman–Crippen MR) is 107 cm³/mol. The summed E-state index contributed by atoms with van der Waals surface area (Å²) in [7, 11) is 0. The fraction of sp³-hybridized carbons (Fsp3) is 0.286. The van der Waals surface area contributed by atoms with E-state index in [0.29, 0.717) is 12.2 Å². The van der Waals surface area contributed by atoms with Gasteiger partial charge in [-0.25, -0.2) is 4.98 Å². The van der Waals surface area contributed by atoms with Crippen molar-refractivity contribution >= 4 is 23.2 Å². The van der Waals surface area contributed by atoms with Crippen molar-refractivity contribution in [1.82, 2.24) is 10.3 Å². The second-order valence-corrected chi connectivity index (χ2v) is 6.46. The van der Waals surface area contributed by atoms with E-state index in [9.17, 15) is 9.59 Å². The number of nitrogens with one attached hydrogen (secondary N) is 2. The third kappa shape index (κ3) is 4.94. The molecule has 0 aliphatic carbocycles. The van der Waals surface area contributed by atoms with Crippen LogP contribution in [-0.4, -0.2) is 36.4 Å². The summed E-state index contributed by atoms with van der Waals surface area (Å²) < 4.78 is 0. The van der Waals surface area contributed by atoms with E-state index in [2.05, 4.69) is 27.1 Å². The number of nitrogens with zero attached hydrogens (tertiary/aromatic N) is 2. The molecule has 0 radical (unpaired) electrons. The number of anilines is 2. The largest absolute Gasteiger partial charge is 0.372 e. The fourth-order valence-electron chi connectivity index (χ4n) is 3.05. The molecule has 0 saturated carbocycles. The second-order valence-electron chi connectivity index (χ2n) is 6.46. The molecule has 0 bridgehead atoms. The van der Waals surface area contributed by atoms with Gasteiger partial charge < -0.3 is 15.5 Å². The Hall–Kier alpha value is -3.15. The van der Waals surface area contributed by atoms with E-state index in [1.54, 1.807) is 24.3 Å². The van der Waals surface area contributed by atoms with Crippen molar-refractivity contribution < 1.29 is 9.59 Å². The average molecular weight is 364 g/mol. The number of hydrogen-bond donors (Lipinski definition) is 2. The minimum atomic E-state index is -0.348. The minimum absolute atomic E-state index is 0.196. The summed E-state index contributed by atoms with van der Waals surface area (Å²) >= 11 is 0. The van der Waals surface area contributed by atoms with Crippen molar-refractivity contribution in [2.24, 2.45) is 0 Å². The molecule has 1 saturated heterocycles. The summed E-state index contributed by atoms with van der Waals surface area (Å²) in [5, 5.41) is 5.48. The van der Waals surface area contributed by atoms with Gasteiger partial charge in [-0.2, -0.15) is 0 Å². The van der Waals surface area contributed by atoms with Gasteiger partial charge in [0.25, 0.3) is 11.8 Å². The number of benzene rings is 1. The fourth-order valence-corrected chi connectivity index (χ4v) is 3.05. The molecular formula is C21H24N4O2. The van der Waals surface area contributed by atoms with Gasteiger partial charge in [0.2, 0.25) is 0 Å². The van der Waals surface area contributed by atoms with Crippen LogP contribution in [0.15, 0.2) is 55.1 Å². The molecule has 0 spiro atoms. The highest BCUT2D eigenvalue weighted by atomic mass is 16.2. The SMILES string of the molecule is C=CCNC(=O)c1cccc(C(=O)Nc2ccc(N3CCCCC3)cc2)n1. The first-order valence-electron chi connectivity index (χ1n) is 9.20. The van der Waals surface area contributed by atoms with Gasteiger partial charge in [0.15, 0.2) is 0 Å². The van der Waals surface area contributed by atoms with E-state index >= 15 is 0 Å². The Bertz CT molecular complexity index is 811. The van der Waals surface area contributed by atoms with Crippen molar-refractivity contribution in [2.45, 2.75) is 19.3 Å². The van der Waals surface area contributed by atoms with E-state index in [4.69, 9.17) is 0 Å². The molecule has 1 aromatic heterocycles. The van der Waals surface area contributed by atoms with Gasteiger partial charge in [0, 0.05) is 31.0 Å². The zero-order chi connectivity index (χ0) is 19.1. The van der Waals surface area contributed by atoms with Gasteiger partial charge in [-0.15, -0.1) is 6.58 Å². The molecule has 6 nitrogen and oxygen atoms in total. The summed E-state index contributed by atoms with van der Waals surface area (Å²) in [4.78, 5) is 30.9. The molecule has 2 amide bonds. The van der Waals surface area contributed by atoms with Crippen LogP contribution in [0.4, 0.5) is 11.4 Å². The number of pyridine rings is 1. The lowest BCUT2D eigenvalue weighted by Crippen LogP contribution is -2.29. The molecule has 2 N–H and O–H groups in total. The van der Waals surface area contributed by atoms with Crippen molar-refractivity contribution in [3.05, 3.63) is 66.5 Å². The first-order valence-corrected chi connectivity index (χ1v) is 9.20. The van der Waals surface area contributed by atoms with E-state index in [-0.39, 0.29) is 23.2 Å². The van der Waals surface area contributed by atoms with Gasteiger partial charge >= 0.3 is 0 Å². The van der Waals surface area contributed by atoms with Crippen LogP contribution in [0, 0.1) is 0 Å². The molecular weight excluding hydrogens is 340 g/mol. The standard InChI is InChI=1S/C21H24N4O2/c1-2-13-22-20(26)18-7-6-8-19(24-18)21(27)23-16-9-11-17(12-10-16)25-14-4-3-5-15-25/h2,6-12H,1,3-5,13-15H2,(H,22,26)(H,23,27). The van der Waals surface area contributed by atoms with Crippen LogP contribution in [0.2, 0.25) is 0 Å². The van der Waals surface area contributed by atoms with Gasteiger partial charge in [0.1, 0.15) is 11.4 Å². The van der Waals surface area contributed by atoms with Crippen molar-refractivity contribution in [3.63, 3.8) is 0 Å². The number of aromatic nitrogens is 1. The Balaban J connectivity index is 1.64. The Morgan fingerprint density at radius 2 is 1.67 bits per heavy atom. The number of amides is 2. The van der Waals surface area contributed by atoms with Crippen LogP contribution in [0.25, 0.3) is 0 Å². The third-order valence-corrected chi connectivity index (χ3v) is 4.47. The first kappa shape index (κ1) is 18.6. The van der Waals surface area contributed by atoms with E-state index in [0.717, 1.165) is 13.1 Å². The molecule has 27 heavy (non-hydrogen) atoms. The van der Waals surface area contributed by atoms with Crippen molar-refractivity contribution in [3.8, 4) is 0 Å². The molecule has 1 aliphatic rings. The van der Waals surface area contributed by atoms with E-state index < -0.39 is 0 Å². The molecule has 1 aromatic carbocycles. The highest BCUT2D eigenvalue weighted by Gasteiger charge is 2.13. The quantitative estimate of drug-likeness (QED) is 0.772. The van der Waals surface area contributed by atoms with Crippen LogP contribution >= 0.6 is 0 Å². The lowest BCUT2D eigenvalue weighted by Gasteiger charge is -2.28. The van der Waals surface area contributed by atoms with Crippen LogP contribution < -0.4 is 15.5 Å². The minimum Gasteiger partial charge on any atom is -0.372 e. The van der Waals surface area contributed by atoms with Crippen molar-refractivity contribution in [1.29, 1.82) is 0 Å². The smallest absolute Gasteiger partial charge is 0.274 e. The molecule has 6 heteroatoms. The summed E-state index contributed by atoms with van der Waals surface area (Å²) in [6, 6.07) is 12.6. The maximum Gasteiger partial charge on any atom is 0.274 e. The molecule has 140 valence electrons. The van der Waals surface area contributed by atoms with Gasteiger partial charge in [-0.3, -0.25) is 9.59 Å². The lowest BCUT2D eigenvalue weighted by atomic mass is 10.1. The zero-order valence-electron chi connectivity index (χ0n) is 15.3. The van der Waals surface area contributed by atoms with E-state index in [1.165, 1.54) is 24.9 Å². The lowest BCUT2D eigenvalue weighted by molar-refractivity contribution is 0.0953. The van der Waals surface area contributed by atoms with Crippen LogP contribution in [0.3, 0.4) is 0 Å². The number of rotatable bonds is 6. The Morgan fingerprint density at radius 3 is 2.33 bits per heavy atom. The highest BCUT2D eigenvalue weighted by Crippen LogP contribution is 2.22. The summed E-state index contributed by atoms with van der Waals surface area (Å²) in [5.74, 6) is -0.686. The topological polar surface area (TPSA) is 74.3 Å². The first-order chi connectivity index (χ1) is 13.2. The summed E-state index contributed by atoms with van der Waals surface area (Å²) in [6.07, 6.45) is 5.33. The maximum atomic E-state index is 12.5. The summed E-state index contributed by atoms with van der Waals surface area (Å²) in [5.41, 5.74) is 2.27. The number of piperidine rings is 1. The second kappa shape index (κ2) is 8.98. The number of hydrogen-bond acceptors (Lipinski definition) is 4. The molecule has 3 rings (SSSR count). The van der Waals surface area contributed by atoms with Gasteiger partial charge in [0.05, 0.1) is 0 Å². The average Bonchev–Trinajstić information content (AvgIpc) is 2.73. The Kier molecular flexibility index (Phi) is 6.20. The number of carbonyl (C=O) groups is 2. The Morgan fingerprint density at radius 1 is 1.00 bits per heavy atom. The van der Waals surface area contributed by atoms with Crippen molar-refractivity contribution in [2.75, 3.05) is 29.9 Å². The molecule has 1 aliphatic heterocycles. The van der Waals surface area contributed by atoms with Crippen LogP contribution in [0.5, 0.6) is 0 Å². The third-order valence-electron chi connectivity index (χ3n) is 4.47.